The van der Waals surface area contributed by atoms with E-state index in [-0.39, 0.29) is 0 Å². The fourth-order valence-electron chi connectivity index (χ4n) is 1.70. The van der Waals surface area contributed by atoms with Gasteiger partial charge in [0.2, 0.25) is 0 Å². The molecule has 94 valence electrons. The summed E-state index contributed by atoms with van der Waals surface area (Å²) in [6.07, 6.45) is 0. The standard InChI is InChI=1S/C14H15ClN2O/c1-9-7-13(11(16)8-10(9)15)17-12-5-3-4-6-14(12)18-2/h3-8,17H,16H2,1-2H3. The van der Waals surface area contributed by atoms with Crippen molar-refractivity contribution in [2.75, 3.05) is 18.2 Å². The highest BCUT2D eigenvalue weighted by atomic mass is 35.5. The number of nitrogen functional groups attached to an aromatic ring is 1. The maximum Gasteiger partial charge on any atom is 0.142 e. The van der Waals surface area contributed by atoms with Gasteiger partial charge in [-0.15, -0.1) is 0 Å². The lowest BCUT2D eigenvalue weighted by molar-refractivity contribution is 0.417. The van der Waals surface area contributed by atoms with E-state index in [0.29, 0.717) is 10.7 Å². The molecule has 18 heavy (non-hydrogen) atoms. The topological polar surface area (TPSA) is 47.3 Å². The lowest BCUT2D eigenvalue weighted by Crippen LogP contribution is -1.99. The number of benzene rings is 2. The molecule has 2 rings (SSSR count). The van der Waals surface area contributed by atoms with Gasteiger partial charge in [0.05, 0.1) is 24.2 Å². The molecule has 3 N–H and O–H groups in total. The van der Waals surface area contributed by atoms with E-state index in [4.69, 9.17) is 22.1 Å². The van der Waals surface area contributed by atoms with Crippen LogP contribution in [0.1, 0.15) is 5.56 Å². The van der Waals surface area contributed by atoms with Crippen LogP contribution in [-0.4, -0.2) is 7.11 Å². The van der Waals surface area contributed by atoms with Crippen LogP contribution in [0.3, 0.4) is 0 Å². The molecule has 0 aliphatic heterocycles. The van der Waals surface area contributed by atoms with Crippen molar-refractivity contribution in [3.63, 3.8) is 0 Å². The Kier molecular flexibility index (Phi) is 3.63. The number of nitrogens with two attached hydrogens (primary N) is 1. The second-order valence-corrected chi connectivity index (χ2v) is 4.42. The monoisotopic (exact) mass is 262 g/mol. The highest BCUT2D eigenvalue weighted by Crippen LogP contribution is 2.32. The molecule has 0 fully saturated rings. The second-order valence-electron chi connectivity index (χ2n) is 4.01. The van der Waals surface area contributed by atoms with Crippen LogP contribution >= 0.6 is 11.6 Å². The minimum absolute atomic E-state index is 0.608. The Morgan fingerprint density at radius 1 is 1.17 bits per heavy atom. The SMILES string of the molecule is COc1ccccc1Nc1cc(C)c(Cl)cc1N. The molecule has 0 amide bonds. The predicted molar refractivity (Wildman–Crippen MR) is 76.9 cm³/mol. The normalized spacial score (nSPS) is 10.2. The molecule has 0 aliphatic carbocycles. The number of halogens is 1. The predicted octanol–water partition coefficient (Wildman–Crippen LogP) is 3.98. The van der Waals surface area contributed by atoms with E-state index in [1.807, 2.05) is 37.3 Å². The minimum atomic E-state index is 0.608. The number of para-hydroxylation sites is 2. The Balaban J connectivity index is 2.37. The fraction of sp³-hybridized carbons (Fsp3) is 0.143. The summed E-state index contributed by atoms with van der Waals surface area (Å²) in [5.41, 5.74) is 9.21. The van der Waals surface area contributed by atoms with E-state index in [0.717, 1.165) is 22.7 Å². The van der Waals surface area contributed by atoms with Crippen molar-refractivity contribution >= 4 is 28.7 Å². The van der Waals surface area contributed by atoms with Crippen molar-refractivity contribution < 1.29 is 4.74 Å². The van der Waals surface area contributed by atoms with Gasteiger partial charge in [-0.05, 0) is 36.8 Å². The van der Waals surface area contributed by atoms with Gasteiger partial charge in [-0.1, -0.05) is 23.7 Å². The Hall–Kier alpha value is -1.87. The second kappa shape index (κ2) is 5.19. The van der Waals surface area contributed by atoms with Crippen molar-refractivity contribution in [1.29, 1.82) is 0 Å². The average Bonchev–Trinajstić information content (AvgIpc) is 2.36. The number of ether oxygens (including phenoxy) is 1. The molecule has 0 unspecified atom stereocenters. The summed E-state index contributed by atoms with van der Waals surface area (Å²) in [5, 5.41) is 3.92. The van der Waals surface area contributed by atoms with Gasteiger partial charge in [-0.25, -0.2) is 0 Å². The number of rotatable bonds is 3. The van der Waals surface area contributed by atoms with Gasteiger partial charge < -0.3 is 15.8 Å². The molecule has 0 aromatic heterocycles. The van der Waals surface area contributed by atoms with E-state index in [2.05, 4.69) is 5.32 Å². The Morgan fingerprint density at radius 3 is 2.61 bits per heavy atom. The smallest absolute Gasteiger partial charge is 0.142 e. The van der Waals surface area contributed by atoms with Crippen LogP contribution < -0.4 is 15.8 Å². The van der Waals surface area contributed by atoms with Crippen LogP contribution in [0.2, 0.25) is 5.02 Å². The van der Waals surface area contributed by atoms with Crippen LogP contribution in [-0.2, 0) is 0 Å². The van der Waals surface area contributed by atoms with Gasteiger partial charge in [0.15, 0.2) is 0 Å². The summed E-state index contributed by atoms with van der Waals surface area (Å²) in [6.45, 7) is 1.94. The summed E-state index contributed by atoms with van der Waals surface area (Å²) in [6, 6.07) is 11.3. The molecule has 0 radical (unpaired) electrons. The summed E-state index contributed by atoms with van der Waals surface area (Å²) >= 11 is 6.01. The molecule has 0 saturated carbocycles. The first-order chi connectivity index (χ1) is 8.61. The van der Waals surface area contributed by atoms with Gasteiger partial charge in [-0.3, -0.25) is 0 Å². The highest BCUT2D eigenvalue weighted by Gasteiger charge is 2.06. The molecular weight excluding hydrogens is 248 g/mol. The van der Waals surface area contributed by atoms with Crippen molar-refractivity contribution in [2.24, 2.45) is 0 Å². The molecule has 0 bridgehead atoms. The van der Waals surface area contributed by atoms with Crippen LogP contribution in [0.25, 0.3) is 0 Å². The van der Waals surface area contributed by atoms with Crippen LogP contribution in [0.4, 0.5) is 17.1 Å². The highest BCUT2D eigenvalue weighted by molar-refractivity contribution is 6.31. The van der Waals surface area contributed by atoms with Crippen molar-refractivity contribution in [3.8, 4) is 5.75 Å². The molecular formula is C14H15ClN2O. The number of hydrogen-bond donors (Lipinski definition) is 2. The molecule has 4 heteroatoms. The Morgan fingerprint density at radius 2 is 1.89 bits per heavy atom. The van der Waals surface area contributed by atoms with Crippen LogP contribution in [0.5, 0.6) is 5.75 Å². The largest absolute Gasteiger partial charge is 0.495 e. The Labute approximate surface area is 112 Å². The van der Waals surface area contributed by atoms with Crippen LogP contribution in [0, 0.1) is 6.92 Å². The molecule has 2 aromatic carbocycles. The molecule has 0 saturated heterocycles. The Bertz CT molecular complexity index is 570. The van der Waals surface area contributed by atoms with Crippen LogP contribution in [0.15, 0.2) is 36.4 Å². The molecule has 2 aromatic rings. The molecule has 0 atom stereocenters. The first-order valence-electron chi connectivity index (χ1n) is 5.57. The summed E-state index contributed by atoms with van der Waals surface area (Å²) in [7, 11) is 1.64. The number of hydrogen-bond acceptors (Lipinski definition) is 3. The molecule has 3 nitrogen and oxygen atoms in total. The average molecular weight is 263 g/mol. The zero-order valence-corrected chi connectivity index (χ0v) is 11.1. The zero-order chi connectivity index (χ0) is 13.1. The maximum absolute atomic E-state index is 6.01. The van der Waals surface area contributed by atoms with Crippen molar-refractivity contribution in [3.05, 3.63) is 47.0 Å². The van der Waals surface area contributed by atoms with E-state index in [1.54, 1.807) is 13.2 Å². The summed E-state index contributed by atoms with van der Waals surface area (Å²) in [5.74, 6) is 0.768. The fourth-order valence-corrected chi connectivity index (χ4v) is 1.87. The summed E-state index contributed by atoms with van der Waals surface area (Å²) < 4.78 is 5.28. The minimum Gasteiger partial charge on any atom is -0.495 e. The van der Waals surface area contributed by atoms with Gasteiger partial charge in [-0.2, -0.15) is 0 Å². The molecule has 0 heterocycles. The third kappa shape index (κ3) is 2.51. The maximum atomic E-state index is 6.01. The van der Waals surface area contributed by atoms with Crippen molar-refractivity contribution in [2.45, 2.75) is 6.92 Å². The van der Waals surface area contributed by atoms with Gasteiger partial charge in [0, 0.05) is 5.02 Å². The van der Waals surface area contributed by atoms with Gasteiger partial charge in [0.1, 0.15) is 5.75 Å². The third-order valence-electron chi connectivity index (χ3n) is 2.71. The lowest BCUT2D eigenvalue weighted by Gasteiger charge is -2.14. The number of methoxy groups -OCH3 is 1. The lowest BCUT2D eigenvalue weighted by atomic mass is 10.2. The van der Waals surface area contributed by atoms with E-state index < -0.39 is 0 Å². The van der Waals surface area contributed by atoms with Gasteiger partial charge in [0.25, 0.3) is 0 Å². The van der Waals surface area contributed by atoms with E-state index >= 15 is 0 Å². The quantitative estimate of drug-likeness (QED) is 0.823. The third-order valence-corrected chi connectivity index (χ3v) is 3.11. The van der Waals surface area contributed by atoms with Gasteiger partial charge >= 0.3 is 0 Å². The first kappa shape index (κ1) is 12.6. The first-order valence-corrected chi connectivity index (χ1v) is 5.95. The van der Waals surface area contributed by atoms with E-state index in [1.165, 1.54) is 0 Å². The van der Waals surface area contributed by atoms with E-state index in [9.17, 15) is 0 Å². The molecule has 0 spiro atoms. The number of aryl methyl sites for hydroxylation is 1. The summed E-state index contributed by atoms with van der Waals surface area (Å²) in [4.78, 5) is 0. The van der Waals surface area contributed by atoms with Crippen molar-refractivity contribution in [1.82, 2.24) is 0 Å². The molecule has 0 aliphatic rings. The zero-order valence-electron chi connectivity index (χ0n) is 10.3. The number of anilines is 3. The number of nitrogens with one attached hydrogen (secondary N) is 1.